The molecule has 33 heavy (non-hydrogen) atoms. The van der Waals surface area contributed by atoms with Crippen LogP contribution in [0.3, 0.4) is 0 Å². The van der Waals surface area contributed by atoms with Crippen LogP contribution in [-0.4, -0.2) is 38.7 Å². The highest BCUT2D eigenvalue weighted by molar-refractivity contribution is 7.15. The van der Waals surface area contributed by atoms with Gasteiger partial charge in [-0.2, -0.15) is 5.26 Å². The van der Waals surface area contributed by atoms with E-state index in [-0.39, 0.29) is 12.6 Å². The first-order valence-corrected chi connectivity index (χ1v) is 12.4. The van der Waals surface area contributed by atoms with Crippen LogP contribution in [0.2, 0.25) is 0 Å². The summed E-state index contributed by atoms with van der Waals surface area (Å²) in [6.45, 7) is 3.03. The topological polar surface area (TPSA) is 119 Å². The normalized spacial score (nSPS) is 21.2. The standard InChI is InChI=1S/C24H31N7OS/c1-16-5-2-6-17(26-10-4-8-25)12-18(11-16)29-23-20-7-3-9-27-21(20)13-22(30-23)31-24-28-14-19(15-32)33-24/h3,7,9,13-14,16-18,26,32H,2,4-6,10-12,15H2,1H3,(H2,28,29,30,31)/t16-,17+,18-/m0/s1. The van der Waals surface area contributed by atoms with E-state index in [2.05, 4.69) is 38.9 Å². The van der Waals surface area contributed by atoms with Gasteiger partial charge in [0, 0.05) is 48.9 Å². The molecule has 0 bridgehead atoms. The summed E-state index contributed by atoms with van der Waals surface area (Å²) in [5.74, 6) is 2.13. The van der Waals surface area contributed by atoms with E-state index in [1.165, 1.54) is 24.2 Å². The highest BCUT2D eigenvalue weighted by atomic mass is 32.1. The van der Waals surface area contributed by atoms with Crippen LogP contribution in [0.1, 0.15) is 50.3 Å². The summed E-state index contributed by atoms with van der Waals surface area (Å²) < 4.78 is 0. The first-order chi connectivity index (χ1) is 16.1. The zero-order chi connectivity index (χ0) is 23.0. The van der Waals surface area contributed by atoms with Crippen LogP contribution in [0.15, 0.2) is 30.6 Å². The number of pyridine rings is 2. The molecule has 3 atom stereocenters. The van der Waals surface area contributed by atoms with E-state index >= 15 is 0 Å². The van der Waals surface area contributed by atoms with Crippen LogP contribution in [0, 0.1) is 17.2 Å². The lowest BCUT2D eigenvalue weighted by Crippen LogP contribution is -2.38. The second-order valence-corrected chi connectivity index (χ2v) is 9.86. The molecule has 0 aliphatic heterocycles. The summed E-state index contributed by atoms with van der Waals surface area (Å²) in [5.41, 5.74) is 0.860. The number of aliphatic hydroxyl groups excluding tert-OH is 1. The molecule has 0 aromatic carbocycles. The maximum Gasteiger partial charge on any atom is 0.188 e. The lowest BCUT2D eigenvalue weighted by Gasteiger charge is -2.31. The van der Waals surface area contributed by atoms with Gasteiger partial charge in [-0.15, -0.1) is 0 Å². The number of aromatic nitrogens is 3. The van der Waals surface area contributed by atoms with Crippen LogP contribution in [0.4, 0.5) is 16.8 Å². The highest BCUT2D eigenvalue weighted by Crippen LogP contribution is 2.30. The number of thiazole rings is 1. The van der Waals surface area contributed by atoms with Crippen LogP contribution < -0.4 is 16.0 Å². The van der Waals surface area contributed by atoms with Crippen molar-refractivity contribution in [3.8, 4) is 6.07 Å². The predicted molar refractivity (Wildman–Crippen MR) is 133 cm³/mol. The van der Waals surface area contributed by atoms with E-state index in [1.54, 1.807) is 12.4 Å². The van der Waals surface area contributed by atoms with Gasteiger partial charge in [0.15, 0.2) is 5.13 Å². The predicted octanol–water partition coefficient (Wildman–Crippen LogP) is 4.57. The molecule has 174 valence electrons. The van der Waals surface area contributed by atoms with Gasteiger partial charge in [0.25, 0.3) is 0 Å². The second-order valence-electron chi connectivity index (χ2n) is 8.75. The monoisotopic (exact) mass is 465 g/mol. The summed E-state index contributed by atoms with van der Waals surface area (Å²) in [7, 11) is 0. The molecule has 0 amide bonds. The summed E-state index contributed by atoms with van der Waals surface area (Å²) in [5, 5.41) is 30.5. The maximum atomic E-state index is 9.32. The average Bonchev–Trinajstić information content (AvgIpc) is 3.25. The van der Waals surface area contributed by atoms with Crippen LogP contribution >= 0.6 is 11.3 Å². The number of nitrogens with one attached hydrogen (secondary N) is 3. The van der Waals surface area contributed by atoms with E-state index in [1.807, 2.05) is 18.2 Å². The van der Waals surface area contributed by atoms with Gasteiger partial charge in [-0.3, -0.25) is 4.98 Å². The van der Waals surface area contributed by atoms with E-state index < -0.39 is 0 Å². The van der Waals surface area contributed by atoms with Crippen molar-refractivity contribution in [1.29, 1.82) is 5.26 Å². The molecule has 0 saturated heterocycles. The van der Waals surface area contributed by atoms with Crippen molar-refractivity contribution in [2.45, 2.75) is 64.1 Å². The minimum absolute atomic E-state index is 0.0255. The Hall–Kier alpha value is -2.80. The summed E-state index contributed by atoms with van der Waals surface area (Å²) in [4.78, 5) is 14.6. The minimum atomic E-state index is -0.0255. The van der Waals surface area contributed by atoms with Crippen molar-refractivity contribution in [2.75, 3.05) is 17.2 Å². The summed E-state index contributed by atoms with van der Waals surface area (Å²) in [6.07, 6.45) is 9.60. The Balaban J connectivity index is 1.57. The van der Waals surface area contributed by atoms with Gasteiger partial charge in [0.05, 0.1) is 23.1 Å². The fraction of sp³-hybridized carbons (Fsp3) is 0.500. The number of nitriles is 1. The number of aliphatic hydroxyl groups is 1. The van der Waals surface area contributed by atoms with Gasteiger partial charge < -0.3 is 21.1 Å². The molecular formula is C24H31N7OS. The quantitative estimate of drug-likeness (QED) is 0.357. The zero-order valence-corrected chi connectivity index (χ0v) is 19.7. The van der Waals surface area contributed by atoms with Gasteiger partial charge in [-0.1, -0.05) is 31.1 Å². The second kappa shape index (κ2) is 11.4. The van der Waals surface area contributed by atoms with Gasteiger partial charge >= 0.3 is 0 Å². The smallest absolute Gasteiger partial charge is 0.188 e. The molecule has 0 radical (unpaired) electrons. The Morgan fingerprint density at radius 3 is 2.97 bits per heavy atom. The third kappa shape index (κ3) is 6.38. The van der Waals surface area contributed by atoms with E-state index in [4.69, 9.17) is 10.2 Å². The molecule has 8 nitrogen and oxygen atoms in total. The molecule has 4 rings (SSSR count). The number of hydrogen-bond donors (Lipinski definition) is 4. The third-order valence-electron chi connectivity index (χ3n) is 6.06. The highest BCUT2D eigenvalue weighted by Gasteiger charge is 2.23. The van der Waals surface area contributed by atoms with Crippen molar-refractivity contribution >= 4 is 39.0 Å². The summed E-state index contributed by atoms with van der Waals surface area (Å²) >= 11 is 1.41. The largest absolute Gasteiger partial charge is 0.391 e. The zero-order valence-electron chi connectivity index (χ0n) is 18.9. The molecule has 3 aromatic heterocycles. The molecular weight excluding hydrogens is 434 g/mol. The number of anilines is 3. The van der Waals surface area contributed by atoms with E-state index in [0.717, 1.165) is 47.4 Å². The van der Waals surface area contributed by atoms with Gasteiger partial charge in [0.1, 0.15) is 11.6 Å². The van der Waals surface area contributed by atoms with E-state index in [9.17, 15) is 5.11 Å². The van der Waals surface area contributed by atoms with Crippen molar-refractivity contribution in [3.63, 3.8) is 0 Å². The molecule has 4 N–H and O–H groups in total. The van der Waals surface area contributed by atoms with Crippen LogP contribution in [-0.2, 0) is 6.61 Å². The van der Waals surface area contributed by atoms with Crippen molar-refractivity contribution in [1.82, 2.24) is 20.3 Å². The molecule has 3 aromatic rings. The first kappa shape index (κ1) is 23.4. The first-order valence-electron chi connectivity index (χ1n) is 11.6. The number of nitrogens with zero attached hydrogens (tertiary/aromatic N) is 4. The fourth-order valence-corrected chi connectivity index (χ4v) is 5.18. The Kier molecular flexibility index (Phi) is 8.05. The van der Waals surface area contributed by atoms with Crippen molar-refractivity contribution in [3.05, 3.63) is 35.5 Å². The molecule has 0 unspecified atom stereocenters. The number of fused-ring (bicyclic) bond motifs is 1. The lowest BCUT2D eigenvalue weighted by atomic mass is 9.87. The fourth-order valence-electron chi connectivity index (χ4n) is 4.50. The van der Waals surface area contributed by atoms with Crippen LogP contribution in [0.25, 0.3) is 10.9 Å². The summed E-state index contributed by atoms with van der Waals surface area (Å²) in [6, 6.07) is 8.79. The molecule has 0 spiro atoms. The average molecular weight is 466 g/mol. The van der Waals surface area contributed by atoms with Crippen LogP contribution in [0.5, 0.6) is 0 Å². The molecule has 3 heterocycles. The SMILES string of the molecule is C[C@H]1CCC[C@@H](NCCC#N)C[C@@H](Nc2nc(Nc3ncc(CO)s3)cc3ncccc23)C1. The number of hydrogen-bond acceptors (Lipinski definition) is 9. The molecule has 1 fully saturated rings. The Labute approximate surface area is 198 Å². The van der Waals surface area contributed by atoms with Crippen molar-refractivity contribution in [2.24, 2.45) is 5.92 Å². The third-order valence-corrected chi connectivity index (χ3v) is 6.96. The molecule has 1 saturated carbocycles. The minimum Gasteiger partial charge on any atom is -0.391 e. The van der Waals surface area contributed by atoms with Crippen molar-refractivity contribution < 1.29 is 5.11 Å². The molecule has 1 aliphatic carbocycles. The van der Waals surface area contributed by atoms with Gasteiger partial charge in [-0.05, 0) is 37.3 Å². The van der Waals surface area contributed by atoms with E-state index in [0.29, 0.717) is 29.3 Å². The molecule has 9 heteroatoms. The van der Waals surface area contributed by atoms with Gasteiger partial charge in [0.2, 0.25) is 0 Å². The lowest BCUT2D eigenvalue weighted by molar-refractivity contribution is 0.285. The van der Waals surface area contributed by atoms with Gasteiger partial charge in [-0.25, -0.2) is 9.97 Å². The Morgan fingerprint density at radius 2 is 2.15 bits per heavy atom. The maximum absolute atomic E-state index is 9.32. The Bertz CT molecular complexity index is 1100. The number of rotatable bonds is 8. The molecule has 1 aliphatic rings. The Morgan fingerprint density at radius 1 is 1.24 bits per heavy atom.